The van der Waals surface area contributed by atoms with Gasteiger partial charge in [-0.1, -0.05) is 12.1 Å². The maximum atomic E-state index is 14.1. The minimum atomic E-state index is -0.370. The third-order valence-electron chi connectivity index (χ3n) is 5.64. The van der Waals surface area contributed by atoms with Crippen molar-refractivity contribution >= 4 is 6.03 Å². The average molecular weight is 372 g/mol. The molecule has 6 nitrogen and oxygen atoms in total. The van der Waals surface area contributed by atoms with E-state index in [1.165, 1.54) is 11.6 Å². The zero-order chi connectivity index (χ0) is 18.8. The molecule has 7 heteroatoms. The Morgan fingerprint density at radius 1 is 1.30 bits per heavy atom. The summed E-state index contributed by atoms with van der Waals surface area (Å²) in [6.07, 6.45) is 5.26. The number of H-pyrrole nitrogens is 1. The van der Waals surface area contributed by atoms with E-state index in [2.05, 4.69) is 15.5 Å². The molecule has 1 fully saturated rings. The number of urea groups is 1. The van der Waals surface area contributed by atoms with Crippen LogP contribution in [0, 0.1) is 12.7 Å². The molecule has 1 saturated heterocycles. The van der Waals surface area contributed by atoms with Gasteiger partial charge in [0, 0.05) is 24.3 Å². The smallest absolute Gasteiger partial charge is 0.317 e. The first-order chi connectivity index (χ1) is 13.1. The molecule has 0 saturated carbocycles. The number of likely N-dealkylation sites (tertiary alicyclic amines) is 1. The van der Waals surface area contributed by atoms with Gasteiger partial charge in [-0.3, -0.25) is 5.10 Å². The molecule has 2 N–H and O–H groups in total. The quantitative estimate of drug-likeness (QED) is 0.845. The first kappa shape index (κ1) is 17.8. The molecular formula is C20H25FN4O2. The molecule has 2 aliphatic heterocycles. The van der Waals surface area contributed by atoms with E-state index >= 15 is 0 Å². The SMILES string of the molecule is Cc1[nH]ncc1C1CCN(C(=O)NC2CCCOc3c(F)cccc32)CC1. The predicted molar refractivity (Wildman–Crippen MR) is 99.3 cm³/mol. The third-order valence-corrected chi connectivity index (χ3v) is 5.64. The number of halogens is 1. The van der Waals surface area contributed by atoms with Crippen LogP contribution in [0.5, 0.6) is 5.75 Å². The van der Waals surface area contributed by atoms with Crippen molar-refractivity contribution in [1.29, 1.82) is 0 Å². The highest BCUT2D eigenvalue weighted by Crippen LogP contribution is 2.34. The highest BCUT2D eigenvalue weighted by Gasteiger charge is 2.29. The lowest BCUT2D eigenvalue weighted by atomic mass is 9.90. The Labute approximate surface area is 158 Å². The van der Waals surface area contributed by atoms with E-state index in [1.807, 2.05) is 24.1 Å². The Balaban J connectivity index is 1.40. The van der Waals surface area contributed by atoms with Crippen molar-refractivity contribution in [2.45, 2.75) is 44.6 Å². The van der Waals surface area contributed by atoms with Crippen LogP contribution in [0.15, 0.2) is 24.4 Å². The summed E-state index contributed by atoms with van der Waals surface area (Å²) in [5.74, 6) is 0.341. The summed E-state index contributed by atoms with van der Waals surface area (Å²) in [6, 6.07) is 4.59. The van der Waals surface area contributed by atoms with Crippen molar-refractivity contribution in [2.75, 3.05) is 19.7 Å². The van der Waals surface area contributed by atoms with E-state index in [1.54, 1.807) is 6.07 Å². The summed E-state index contributed by atoms with van der Waals surface area (Å²) in [5.41, 5.74) is 3.08. The summed E-state index contributed by atoms with van der Waals surface area (Å²) >= 11 is 0. The largest absolute Gasteiger partial charge is 0.490 e. The van der Waals surface area contributed by atoms with Gasteiger partial charge >= 0.3 is 6.03 Å². The maximum absolute atomic E-state index is 14.1. The van der Waals surface area contributed by atoms with Crippen molar-refractivity contribution in [3.05, 3.63) is 47.0 Å². The van der Waals surface area contributed by atoms with Gasteiger partial charge in [-0.15, -0.1) is 0 Å². The zero-order valence-electron chi connectivity index (χ0n) is 15.5. The Morgan fingerprint density at radius 3 is 2.85 bits per heavy atom. The summed E-state index contributed by atoms with van der Waals surface area (Å²) in [5, 5.41) is 10.2. The van der Waals surface area contributed by atoms with Crippen LogP contribution in [-0.2, 0) is 0 Å². The molecular weight excluding hydrogens is 347 g/mol. The number of benzene rings is 1. The molecule has 0 bridgehead atoms. The van der Waals surface area contributed by atoms with E-state index < -0.39 is 0 Å². The minimum Gasteiger partial charge on any atom is -0.490 e. The van der Waals surface area contributed by atoms with Crippen molar-refractivity contribution in [2.24, 2.45) is 0 Å². The van der Waals surface area contributed by atoms with Crippen LogP contribution >= 0.6 is 0 Å². The normalized spacial score (nSPS) is 20.5. The van der Waals surface area contributed by atoms with Gasteiger partial charge in [0.25, 0.3) is 0 Å². The van der Waals surface area contributed by atoms with E-state index in [0.29, 0.717) is 25.6 Å². The van der Waals surface area contributed by atoms with Gasteiger partial charge in [-0.2, -0.15) is 5.10 Å². The van der Waals surface area contributed by atoms with E-state index in [-0.39, 0.29) is 23.6 Å². The number of rotatable bonds is 2. The highest BCUT2D eigenvalue weighted by molar-refractivity contribution is 5.75. The molecule has 144 valence electrons. The van der Waals surface area contributed by atoms with E-state index in [4.69, 9.17) is 4.74 Å². The van der Waals surface area contributed by atoms with Gasteiger partial charge in [0.1, 0.15) is 0 Å². The fraction of sp³-hybridized carbons (Fsp3) is 0.500. The molecule has 1 aromatic carbocycles. The third kappa shape index (κ3) is 3.63. The molecule has 2 amide bonds. The molecule has 0 aliphatic carbocycles. The maximum Gasteiger partial charge on any atom is 0.317 e. The summed E-state index contributed by atoms with van der Waals surface area (Å²) < 4.78 is 19.6. The second-order valence-corrected chi connectivity index (χ2v) is 7.36. The predicted octanol–water partition coefficient (Wildman–Crippen LogP) is 3.66. The van der Waals surface area contributed by atoms with Crippen LogP contribution in [0.2, 0.25) is 0 Å². The second kappa shape index (κ2) is 7.58. The molecule has 2 aromatic rings. The number of aromatic amines is 1. The monoisotopic (exact) mass is 372 g/mol. The first-order valence-corrected chi connectivity index (χ1v) is 9.60. The standard InChI is InChI=1S/C20H25FN4O2/c1-13-16(12-22-24-13)14-7-9-25(10-8-14)20(26)23-18-6-3-11-27-19-15(18)4-2-5-17(19)21/h2,4-5,12,14,18H,3,6-11H2,1H3,(H,22,24)(H,23,26). The average Bonchev–Trinajstić information content (AvgIpc) is 3.00. The van der Waals surface area contributed by atoms with Gasteiger partial charge in [0.2, 0.25) is 0 Å². The zero-order valence-corrected chi connectivity index (χ0v) is 15.5. The van der Waals surface area contributed by atoms with Crippen molar-refractivity contribution in [3.8, 4) is 5.75 Å². The van der Waals surface area contributed by atoms with Gasteiger partial charge < -0.3 is 15.0 Å². The van der Waals surface area contributed by atoms with Crippen molar-refractivity contribution in [3.63, 3.8) is 0 Å². The van der Waals surface area contributed by atoms with Crippen LogP contribution < -0.4 is 10.1 Å². The molecule has 3 heterocycles. The van der Waals surface area contributed by atoms with Crippen LogP contribution in [0.25, 0.3) is 0 Å². The summed E-state index contributed by atoms with van der Waals surface area (Å²) in [4.78, 5) is 14.7. The molecule has 1 atom stereocenters. The molecule has 0 radical (unpaired) electrons. The lowest BCUT2D eigenvalue weighted by Gasteiger charge is -2.33. The molecule has 0 spiro atoms. The van der Waals surface area contributed by atoms with Crippen molar-refractivity contribution in [1.82, 2.24) is 20.4 Å². The fourth-order valence-corrected chi connectivity index (χ4v) is 4.12. The van der Waals surface area contributed by atoms with Gasteiger partial charge in [0.05, 0.1) is 18.8 Å². The van der Waals surface area contributed by atoms with Crippen LogP contribution in [0.4, 0.5) is 9.18 Å². The van der Waals surface area contributed by atoms with E-state index in [0.717, 1.165) is 36.9 Å². The number of amides is 2. The number of piperidine rings is 1. The molecule has 27 heavy (non-hydrogen) atoms. The number of hydrogen-bond donors (Lipinski definition) is 2. The number of fused-ring (bicyclic) bond motifs is 1. The van der Waals surface area contributed by atoms with Crippen LogP contribution in [-0.4, -0.2) is 40.8 Å². The van der Waals surface area contributed by atoms with Crippen LogP contribution in [0.1, 0.15) is 54.5 Å². The summed E-state index contributed by atoms with van der Waals surface area (Å²) in [7, 11) is 0. The minimum absolute atomic E-state index is 0.0838. The fourth-order valence-electron chi connectivity index (χ4n) is 4.12. The van der Waals surface area contributed by atoms with E-state index in [9.17, 15) is 9.18 Å². The second-order valence-electron chi connectivity index (χ2n) is 7.36. The van der Waals surface area contributed by atoms with Gasteiger partial charge in [-0.05, 0) is 50.2 Å². The Kier molecular flexibility index (Phi) is 5.01. The summed E-state index contributed by atoms with van der Waals surface area (Å²) in [6.45, 7) is 3.92. The molecule has 4 rings (SSSR count). The number of carbonyl (C=O) groups is 1. The number of ether oxygens (including phenoxy) is 1. The molecule has 1 unspecified atom stereocenters. The Bertz CT molecular complexity index is 814. The number of aryl methyl sites for hydroxylation is 1. The highest BCUT2D eigenvalue weighted by atomic mass is 19.1. The number of para-hydroxylation sites is 1. The van der Waals surface area contributed by atoms with Crippen molar-refractivity contribution < 1.29 is 13.9 Å². The lowest BCUT2D eigenvalue weighted by Crippen LogP contribution is -2.45. The number of hydrogen-bond acceptors (Lipinski definition) is 3. The molecule has 2 aliphatic rings. The number of aromatic nitrogens is 2. The number of carbonyl (C=O) groups excluding carboxylic acids is 1. The van der Waals surface area contributed by atoms with Gasteiger partial charge in [-0.25, -0.2) is 9.18 Å². The number of nitrogens with one attached hydrogen (secondary N) is 2. The topological polar surface area (TPSA) is 70.2 Å². The molecule has 1 aromatic heterocycles. The van der Waals surface area contributed by atoms with Crippen LogP contribution in [0.3, 0.4) is 0 Å². The Hall–Kier alpha value is -2.57. The number of nitrogens with zero attached hydrogens (tertiary/aromatic N) is 2. The lowest BCUT2D eigenvalue weighted by molar-refractivity contribution is 0.177. The van der Waals surface area contributed by atoms with Gasteiger partial charge in [0.15, 0.2) is 11.6 Å². The first-order valence-electron chi connectivity index (χ1n) is 9.60. The Morgan fingerprint density at radius 2 is 2.11 bits per heavy atom.